The number of carbonyl (C=O) groups is 1. The molecule has 86 valence electrons. The molecule has 0 spiro atoms. The second-order valence-electron chi connectivity index (χ2n) is 4.89. The third kappa shape index (κ3) is 1.90. The summed E-state index contributed by atoms with van der Waals surface area (Å²) in [5.41, 5.74) is 1.25. The molecule has 3 atom stereocenters. The Morgan fingerprint density at radius 1 is 1.19 bits per heavy atom. The van der Waals surface area contributed by atoms with Crippen LogP contribution >= 0.6 is 0 Å². The van der Waals surface area contributed by atoms with Crippen molar-refractivity contribution in [3.8, 4) is 0 Å². The van der Waals surface area contributed by atoms with Gasteiger partial charge in [0.1, 0.15) is 5.78 Å². The Labute approximate surface area is 97.3 Å². The molecule has 3 unspecified atom stereocenters. The Morgan fingerprint density at radius 3 is 2.44 bits per heavy atom. The van der Waals surface area contributed by atoms with E-state index < -0.39 is 0 Å². The lowest BCUT2D eigenvalue weighted by atomic mass is 9.81. The molecule has 16 heavy (non-hydrogen) atoms. The van der Waals surface area contributed by atoms with Gasteiger partial charge in [-0.3, -0.25) is 9.69 Å². The molecule has 1 heterocycles. The van der Waals surface area contributed by atoms with E-state index in [1.807, 2.05) is 32.0 Å². The quantitative estimate of drug-likeness (QED) is 0.720. The maximum Gasteiger partial charge on any atom is 0.141 e. The van der Waals surface area contributed by atoms with Crippen molar-refractivity contribution < 1.29 is 4.79 Å². The number of nitrogens with zero attached hydrogens (tertiary/aromatic N) is 1. The van der Waals surface area contributed by atoms with Gasteiger partial charge in [-0.05, 0) is 12.6 Å². The zero-order valence-electron chi connectivity index (χ0n) is 10.2. The number of hydrogen-bond donors (Lipinski definition) is 0. The van der Waals surface area contributed by atoms with E-state index in [1.54, 1.807) is 0 Å². The Hall–Kier alpha value is -1.15. The van der Waals surface area contributed by atoms with Gasteiger partial charge in [-0.1, -0.05) is 44.2 Å². The van der Waals surface area contributed by atoms with Crippen molar-refractivity contribution in [3.63, 3.8) is 0 Å². The van der Waals surface area contributed by atoms with Gasteiger partial charge in [0.05, 0.1) is 0 Å². The fourth-order valence-corrected chi connectivity index (χ4v) is 2.81. The SMILES string of the molecule is CC1CN(C)C(c2ccccc2)C(C)C1=O. The molecule has 0 saturated carbocycles. The number of carbonyl (C=O) groups excluding carboxylic acids is 1. The predicted octanol–water partition coefficient (Wildman–Crippen LogP) is 2.51. The number of ketones is 1. The van der Waals surface area contributed by atoms with Crippen LogP contribution < -0.4 is 0 Å². The first-order chi connectivity index (χ1) is 7.61. The summed E-state index contributed by atoms with van der Waals surface area (Å²) in [6.45, 7) is 4.94. The van der Waals surface area contributed by atoms with Crippen LogP contribution in [0.2, 0.25) is 0 Å². The third-order valence-corrected chi connectivity index (χ3v) is 3.59. The van der Waals surface area contributed by atoms with E-state index in [1.165, 1.54) is 5.56 Å². The highest BCUT2D eigenvalue weighted by Crippen LogP contribution is 2.34. The van der Waals surface area contributed by atoms with Crippen LogP contribution in [0.3, 0.4) is 0 Å². The Kier molecular flexibility index (Phi) is 3.10. The number of likely N-dealkylation sites (tertiary alicyclic amines) is 1. The van der Waals surface area contributed by atoms with Crippen LogP contribution in [0.15, 0.2) is 30.3 Å². The number of rotatable bonds is 1. The Balaban J connectivity index is 2.30. The lowest BCUT2D eigenvalue weighted by molar-refractivity contribution is -0.132. The van der Waals surface area contributed by atoms with Crippen LogP contribution in [-0.4, -0.2) is 24.3 Å². The molecule has 1 aliphatic heterocycles. The summed E-state index contributed by atoms with van der Waals surface area (Å²) in [5, 5.41) is 0. The maximum atomic E-state index is 12.0. The fourth-order valence-electron chi connectivity index (χ4n) is 2.81. The minimum atomic E-state index is 0.0937. The highest BCUT2D eigenvalue weighted by atomic mass is 16.1. The van der Waals surface area contributed by atoms with Gasteiger partial charge in [0.25, 0.3) is 0 Å². The molecule has 0 radical (unpaired) electrons. The van der Waals surface area contributed by atoms with E-state index in [0.29, 0.717) is 5.78 Å². The molecule has 1 saturated heterocycles. The molecule has 0 aromatic heterocycles. The monoisotopic (exact) mass is 217 g/mol. The van der Waals surface area contributed by atoms with Crippen molar-refractivity contribution >= 4 is 5.78 Å². The van der Waals surface area contributed by atoms with Crippen LogP contribution in [-0.2, 0) is 4.79 Å². The summed E-state index contributed by atoms with van der Waals surface area (Å²) in [7, 11) is 2.11. The number of benzene rings is 1. The van der Waals surface area contributed by atoms with E-state index in [0.717, 1.165) is 6.54 Å². The molecular formula is C14H19NO. The zero-order chi connectivity index (χ0) is 11.7. The maximum absolute atomic E-state index is 12.0. The first-order valence-corrected chi connectivity index (χ1v) is 5.90. The van der Waals surface area contributed by atoms with Crippen LogP contribution in [0.1, 0.15) is 25.5 Å². The van der Waals surface area contributed by atoms with Crippen LogP contribution in [0.5, 0.6) is 0 Å². The Bertz CT molecular complexity index is 374. The van der Waals surface area contributed by atoms with Crippen molar-refractivity contribution in [1.82, 2.24) is 4.90 Å². The van der Waals surface area contributed by atoms with Crippen molar-refractivity contribution in [1.29, 1.82) is 0 Å². The molecular weight excluding hydrogens is 198 g/mol. The van der Waals surface area contributed by atoms with Gasteiger partial charge in [0.15, 0.2) is 0 Å². The van der Waals surface area contributed by atoms with Crippen molar-refractivity contribution in [2.24, 2.45) is 11.8 Å². The first-order valence-electron chi connectivity index (χ1n) is 5.90. The molecule has 0 aliphatic carbocycles. The minimum Gasteiger partial charge on any atom is -0.299 e. The lowest BCUT2D eigenvalue weighted by Gasteiger charge is -2.39. The molecule has 1 aliphatic rings. The average molecular weight is 217 g/mol. The lowest BCUT2D eigenvalue weighted by Crippen LogP contribution is -2.45. The van der Waals surface area contributed by atoms with Crippen molar-refractivity contribution in [2.45, 2.75) is 19.9 Å². The van der Waals surface area contributed by atoms with E-state index in [2.05, 4.69) is 24.1 Å². The van der Waals surface area contributed by atoms with Gasteiger partial charge in [0, 0.05) is 24.4 Å². The molecule has 2 nitrogen and oxygen atoms in total. The molecule has 1 aromatic rings. The summed E-state index contributed by atoms with van der Waals surface area (Å²) in [5.74, 6) is 0.656. The molecule has 1 fully saturated rings. The second kappa shape index (κ2) is 4.38. The fraction of sp³-hybridized carbons (Fsp3) is 0.500. The molecule has 0 N–H and O–H groups in total. The van der Waals surface area contributed by atoms with E-state index in [9.17, 15) is 4.79 Å². The smallest absolute Gasteiger partial charge is 0.141 e. The molecule has 0 bridgehead atoms. The normalized spacial score (nSPS) is 31.7. The van der Waals surface area contributed by atoms with Gasteiger partial charge >= 0.3 is 0 Å². The van der Waals surface area contributed by atoms with Crippen molar-refractivity contribution in [2.75, 3.05) is 13.6 Å². The first kappa shape index (κ1) is 11.3. The highest BCUT2D eigenvalue weighted by Gasteiger charge is 2.36. The van der Waals surface area contributed by atoms with E-state index >= 15 is 0 Å². The summed E-state index contributed by atoms with van der Waals surface area (Å²) < 4.78 is 0. The third-order valence-electron chi connectivity index (χ3n) is 3.59. The number of piperidine rings is 1. The van der Waals surface area contributed by atoms with Crippen molar-refractivity contribution in [3.05, 3.63) is 35.9 Å². The topological polar surface area (TPSA) is 20.3 Å². The molecule has 2 heteroatoms. The van der Waals surface area contributed by atoms with Crippen LogP contribution in [0, 0.1) is 11.8 Å². The second-order valence-corrected chi connectivity index (χ2v) is 4.89. The van der Waals surface area contributed by atoms with Crippen LogP contribution in [0.4, 0.5) is 0 Å². The minimum absolute atomic E-state index is 0.0937. The summed E-state index contributed by atoms with van der Waals surface area (Å²) >= 11 is 0. The van der Waals surface area contributed by atoms with Gasteiger partial charge in [-0.15, -0.1) is 0 Å². The number of hydrogen-bond acceptors (Lipinski definition) is 2. The highest BCUT2D eigenvalue weighted by molar-refractivity contribution is 5.84. The van der Waals surface area contributed by atoms with Gasteiger partial charge in [-0.2, -0.15) is 0 Å². The summed E-state index contributed by atoms with van der Waals surface area (Å²) in [4.78, 5) is 14.3. The number of Topliss-reactive ketones (excluding diaryl/α,β-unsaturated/α-hetero) is 1. The van der Waals surface area contributed by atoms with E-state index in [-0.39, 0.29) is 17.9 Å². The summed E-state index contributed by atoms with van der Waals surface area (Å²) in [6.07, 6.45) is 0. The van der Waals surface area contributed by atoms with E-state index in [4.69, 9.17) is 0 Å². The summed E-state index contributed by atoms with van der Waals surface area (Å²) in [6, 6.07) is 10.6. The zero-order valence-corrected chi connectivity index (χ0v) is 10.2. The van der Waals surface area contributed by atoms with Gasteiger partial charge in [0.2, 0.25) is 0 Å². The predicted molar refractivity (Wildman–Crippen MR) is 65.1 cm³/mol. The molecule has 1 aromatic carbocycles. The largest absolute Gasteiger partial charge is 0.299 e. The van der Waals surface area contributed by atoms with Crippen LogP contribution in [0.25, 0.3) is 0 Å². The van der Waals surface area contributed by atoms with Gasteiger partial charge in [-0.25, -0.2) is 0 Å². The Morgan fingerprint density at radius 2 is 1.81 bits per heavy atom. The molecule has 0 amide bonds. The molecule has 2 rings (SSSR count). The average Bonchev–Trinajstić information content (AvgIpc) is 2.28. The standard InChI is InChI=1S/C14H19NO/c1-10-9-15(3)13(11(2)14(10)16)12-7-5-4-6-8-12/h4-8,10-11,13H,9H2,1-3H3. The van der Waals surface area contributed by atoms with Gasteiger partial charge < -0.3 is 0 Å².